The van der Waals surface area contributed by atoms with Crippen molar-refractivity contribution in [3.05, 3.63) is 69.3 Å². The van der Waals surface area contributed by atoms with Gasteiger partial charge in [0.15, 0.2) is 5.78 Å². The highest BCUT2D eigenvalue weighted by molar-refractivity contribution is 5.96. The number of aromatic nitrogens is 4. The van der Waals surface area contributed by atoms with Crippen molar-refractivity contribution >= 4 is 11.6 Å². The smallest absolute Gasteiger partial charge is 0.284 e. The molecule has 0 aliphatic rings. The number of hydrogen-bond acceptors (Lipinski definition) is 14. The second-order valence-electron chi connectivity index (χ2n) is 11.0. The molecule has 3 aromatic rings. The highest BCUT2D eigenvalue weighted by atomic mass is 19.1. The van der Waals surface area contributed by atoms with Gasteiger partial charge >= 0.3 is 0 Å². The standard InChI is InChI=1S/C22H23FN4O5.C7H17NO5/c1-12-25-26-19(32-12)16(29)11-22(2,3)21-24-17(18(30)20(31)27(21)4)15(28)10-7-13-5-8-14(23)9-6-13;1-8-2-4(10)6(12)7(13)5(11)3-9/h5-6,8-9,30H,7,10-11H2,1-4H3;4-13H,2-3H2,1H3/p-1/t;4-,5+,6+,7+/m.0/s1. The van der Waals surface area contributed by atoms with E-state index in [2.05, 4.69) is 20.5 Å². The van der Waals surface area contributed by atoms with Crippen LogP contribution in [-0.4, -0.2) is 101 Å². The molecule has 0 saturated heterocycles. The minimum absolute atomic E-state index is 0.0822. The Morgan fingerprint density at radius 1 is 1.07 bits per heavy atom. The number of hydrogen-bond donors (Lipinski definition) is 6. The molecular formula is C29H39FN5O10-. The van der Waals surface area contributed by atoms with Crippen LogP contribution >= 0.6 is 0 Å². The molecule has 0 bridgehead atoms. The van der Waals surface area contributed by atoms with Gasteiger partial charge in [0.1, 0.15) is 35.6 Å². The highest BCUT2D eigenvalue weighted by Gasteiger charge is 2.32. The highest BCUT2D eigenvalue weighted by Crippen LogP contribution is 2.27. The van der Waals surface area contributed by atoms with E-state index in [1.807, 2.05) is 0 Å². The Balaban J connectivity index is 0.000000459. The van der Waals surface area contributed by atoms with Gasteiger partial charge in [0, 0.05) is 38.8 Å². The predicted molar refractivity (Wildman–Crippen MR) is 154 cm³/mol. The Bertz CT molecular complexity index is 1490. The van der Waals surface area contributed by atoms with Crippen molar-refractivity contribution in [1.29, 1.82) is 0 Å². The van der Waals surface area contributed by atoms with E-state index in [1.165, 1.54) is 31.3 Å². The van der Waals surface area contributed by atoms with Crippen LogP contribution in [0.15, 0.2) is 33.5 Å². The fourth-order valence-corrected chi connectivity index (χ4v) is 4.26. The summed E-state index contributed by atoms with van der Waals surface area (Å²) in [4.78, 5) is 42.0. The van der Waals surface area contributed by atoms with Gasteiger partial charge in [0.25, 0.3) is 5.89 Å². The monoisotopic (exact) mass is 636 g/mol. The summed E-state index contributed by atoms with van der Waals surface area (Å²) in [6.07, 6.45) is -5.62. The van der Waals surface area contributed by atoms with Crippen molar-refractivity contribution < 1.29 is 49.0 Å². The largest absolute Gasteiger partial charge is 0.867 e. The number of Topliss-reactive ketones (excluding diaryl/α,β-unsaturated/α-hetero) is 2. The van der Waals surface area contributed by atoms with E-state index in [1.54, 1.807) is 27.8 Å². The lowest BCUT2D eigenvalue weighted by Gasteiger charge is -2.27. The summed E-state index contributed by atoms with van der Waals surface area (Å²) in [6.45, 7) is 4.30. The average Bonchev–Trinajstić information content (AvgIpc) is 3.44. The molecule has 0 radical (unpaired) electrons. The molecule has 0 saturated carbocycles. The lowest BCUT2D eigenvalue weighted by Crippen LogP contribution is -2.48. The number of carbonyl (C=O) groups excluding carboxylic acids is 2. The van der Waals surface area contributed by atoms with E-state index in [9.17, 15) is 29.0 Å². The van der Waals surface area contributed by atoms with Crippen LogP contribution in [0.4, 0.5) is 4.39 Å². The van der Waals surface area contributed by atoms with E-state index in [-0.39, 0.29) is 43.4 Å². The molecule has 16 heteroatoms. The molecule has 6 N–H and O–H groups in total. The number of rotatable bonds is 14. The first-order chi connectivity index (χ1) is 21.0. The SMILES string of the molecule is CNC[C@H](O)[C@@H](O)[C@H](O)[C@H](O)CO.Cc1nnc(C(=O)CC(C)(C)c2nc(C(=O)CCc3ccc(F)cc3)c([O-])c(=O)n2C)o1. The molecule has 2 aromatic heterocycles. The maximum Gasteiger partial charge on any atom is 0.284 e. The van der Waals surface area contributed by atoms with Crippen LogP contribution in [0.25, 0.3) is 0 Å². The van der Waals surface area contributed by atoms with Gasteiger partial charge in [-0.25, -0.2) is 9.37 Å². The number of aryl methyl sites for hydroxylation is 2. The van der Waals surface area contributed by atoms with Crippen LogP contribution in [0.5, 0.6) is 5.75 Å². The molecule has 4 atom stereocenters. The Morgan fingerprint density at radius 3 is 2.20 bits per heavy atom. The normalized spacial score (nSPS) is 14.2. The van der Waals surface area contributed by atoms with Gasteiger partial charge in [-0.15, -0.1) is 10.2 Å². The van der Waals surface area contributed by atoms with Crippen molar-refractivity contribution in [2.24, 2.45) is 7.05 Å². The number of nitrogens with one attached hydrogen (secondary N) is 1. The fraction of sp³-hybridized carbons (Fsp3) is 0.517. The van der Waals surface area contributed by atoms with Gasteiger partial charge in [-0.2, -0.15) is 0 Å². The Labute approximate surface area is 258 Å². The van der Waals surface area contributed by atoms with E-state index < -0.39 is 70.8 Å². The van der Waals surface area contributed by atoms with Gasteiger partial charge < -0.3 is 40.4 Å². The fourth-order valence-electron chi connectivity index (χ4n) is 4.26. The van der Waals surface area contributed by atoms with Gasteiger partial charge in [0.05, 0.1) is 12.7 Å². The summed E-state index contributed by atoms with van der Waals surface area (Å²) in [6, 6.07) is 5.63. The molecule has 2 heterocycles. The molecular weight excluding hydrogens is 597 g/mol. The van der Waals surface area contributed by atoms with Crippen LogP contribution in [0.1, 0.15) is 65.1 Å². The molecule has 0 aliphatic heterocycles. The van der Waals surface area contributed by atoms with Gasteiger partial charge in [-0.05, 0) is 36.9 Å². The Hall–Kier alpha value is -3.93. The number of aliphatic hydroxyl groups is 5. The second-order valence-corrected chi connectivity index (χ2v) is 11.0. The lowest BCUT2D eigenvalue weighted by molar-refractivity contribution is -0.271. The van der Waals surface area contributed by atoms with Crippen molar-refractivity contribution in [3.8, 4) is 5.75 Å². The summed E-state index contributed by atoms with van der Waals surface area (Å²) in [5.74, 6) is -2.29. The third kappa shape index (κ3) is 10.0. The van der Waals surface area contributed by atoms with Crippen LogP contribution in [-0.2, 0) is 18.9 Å². The Kier molecular flexibility index (Phi) is 13.6. The molecule has 1 aromatic carbocycles. The van der Waals surface area contributed by atoms with Gasteiger partial charge in [-0.3, -0.25) is 19.0 Å². The summed E-state index contributed by atoms with van der Waals surface area (Å²) in [5.41, 5.74) is -1.70. The summed E-state index contributed by atoms with van der Waals surface area (Å²) < 4.78 is 19.3. The first-order valence-electron chi connectivity index (χ1n) is 13.9. The third-order valence-electron chi connectivity index (χ3n) is 6.78. The number of likely N-dealkylation sites (N-methyl/N-ethyl adjacent to an activating group) is 1. The third-order valence-corrected chi connectivity index (χ3v) is 6.78. The van der Waals surface area contributed by atoms with E-state index in [0.29, 0.717) is 5.56 Å². The maximum absolute atomic E-state index is 13.0. The van der Waals surface area contributed by atoms with Crippen molar-refractivity contribution in [2.75, 3.05) is 20.2 Å². The first kappa shape index (κ1) is 37.3. The van der Waals surface area contributed by atoms with Crippen molar-refractivity contribution in [3.63, 3.8) is 0 Å². The van der Waals surface area contributed by atoms with Crippen LogP contribution in [0.3, 0.4) is 0 Å². The number of benzene rings is 1. The molecule has 248 valence electrons. The van der Waals surface area contributed by atoms with Gasteiger partial charge in [-0.1, -0.05) is 26.0 Å². The maximum atomic E-state index is 13.0. The summed E-state index contributed by atoms with van der Waals surface area (Å²) >= 11 is 0. The second kappa shape index (κ2) is 16.4. The van der Waals surface area contributed by atoms with Crippen LogP contribution < -0.4 is 16.0 Å². The molecule has 45 heavy (non-hydrogen) atoms. The zero-order valence-electron chi connectivity index (χ0n) is 25.6. The summed E-state index contributed by atoms with van der Waals surface area (Å²) in [7, 11) is 2.94. The van der Waals surface area contributed by atoms with E-state index >= 15 is 0 Å². The van der Waals surface area contributed by atoms with Crippen LogP contribution in [0, 0.1) is 12.7 Å². The predicted octanol–water partition coefficient (Wildman–Crippen LogP) is -1.31. The quantitative estimate of drug-likeness (QED) is 0.113. The Morgan fingerprint density at radius 2 is 1.67 bits per heavy atom. The lowest BCUT2D eigenvalue weighted by atomic mass is 9.85. The number of aliphatic hydroxyl groups excluding tert-OH is 5. The molecule has 0 fully saturated rings. The number of ketones is 2. The summed E-state index contributed by atoms with van der Waals surface area (Å²) in [5, 5.41) is 67.2. The van der Waals surface area contributed by atoms with Crippen LogP contribution in [0.2, 0.25) is 0 Å². The number of halogens is 1. The topological polar surface area (TPSA) is 244 Å². The average molecular weight is 637 g/mol. The zero-order valence-corrected chi connectivity index (χ0v) is 25.6. The number of nitrogens with zero attached hydrogens (tertiary/aromatic N) is 4. The minimum atomic E-state index is -1.55. The molecule has 0 amide bonds. The molecule has 0 unspecified atom stereocenters. The zero-order chi connectivity index (χ0) is 34.1. The molecule has 0 spiro atoms. The minimum Gasteiger partial charge on any atom is -0.867 e. The van der Waals surface area contributed by atoms with Crippen molar-refractivity contribution in [2.45, 2.75) is 69.9 Å². The molecule has 15 nitrogen and oxygen atoms in total. The molecule has 0 aliphatic carbocycles. The van der Waals surface area contributed by atoms with E-state index in [0.717, 1.165) is 4.57 Å². The first-order valence-corrected chi connectivity index (χ1v) is 13.9. The molecule has 3 rings (SSSR count). The van der Waals surface area contributed by atoms with Gasteiger partial charge in [0.2, 0.25) is 17.2 Å². The van der Waals surface area contributed by atoms with E-state index in [4.69, 9.17) is 24.8 Å². The van der Waals surface area contributed by atoms with Crippen molar-refractivity contribution in [1.82, 2.24) is 25.1 Å². The number of carbonyl (C=O) groups is 2.